The SMILES string of the molecule is NCCNC(=O)c1ccccc1NC(=O)CCC(=O)c1ccc2c(c1)CCCC2. The molecule has 2 aromatic rings. The Kier molecular flexibility index (Phi) is 7.14. The highest BCUT2D eigenvalue weighted by Crippen LogP contribution is 2.23. The summed E-state index contributed by atoms with van der Waals surface area (Å²) in [5.74, 6) is -0.630. The summed E-state index contributed by atoms with van der Waals surface area (Å²) in [6.45, 7) is 0.696. The van der Waals surface area contributed by atoms with Gasteiger partial charge in [-0.25, -0.2) is 0 Å². The molecule has 0 aliphatic heterocycles. The molecule has 0 atom stereocenters. The third-order valence-electron chi connectivity index (χ3n) is 5.13. The second-order valence-electron chi connectivity index (χ2n) is 7.25. The molecule has 2 aromatic carbocycles. The van der Waals surface area contributed by atoms with Gasteiger partial charge in [0.15, 0.2) is 5.78 Å². The molecule has 0 saturated heterocycles. The molecule has 0 bridgehead atoms. The van der Waals surface area contributed by atoms with Gasteiger partial charge in [0.1, 0.15) is 0 Å². The molecule has 3 rings (SSSR count). The molecule has 0 aromatic heterocycles. The van der Waals surface area contributed by atoms with E-state index in [2.05, 4.69) is 10.6 Å². The van der Waals surface area contributed by atoms with E-state index in [0.29, 0.717) is 29.9 Å². The highest BCUT2D eigenvalue weighted by Gasteiger charge is 2.16. The third-order valence-corrected chi connectivity index (χ3v) is 5.13. The minimum absolute atomic E-state index is 0.0394. The lowest BCUT2D eigenvalue weighted by Gasteiger charge is -2.16. The van der Waals surface area contributed by atoms with Gasteiger partial charge in [-0.2, -0.15) is 0 Å². The molecule has 0 fully saturated rings. The number of benzene rings is 2. The predicted octanol–water partition coefficient (Wildman–Crippen LogP) is 2.86. The summed E-state index contributed by atoms with van der Waals surface area (Å²) in [5.41, 5.74) is 9.45. The summed E-state index contributed by atoms with van der Waals surface area (Å²) < 4.78 is 0. The van der Waals surface area contributed by atoms with Crippen LogP contribution in [0.15, 0.2) is 42.5 Å². The quantitative estimate of drug-likeness (QED) is 0.600. The van der Waals surface area contributed by atoms with Crippen LogP contribution in [0.2, 0.25) is 0 Å². The molecular weight excluding hydrogens is 366 g/mol. The Balaban J connectivity index is 1.58. The van der Waals surface area contributed by atoms with Gasteiger partial charge in [0.2, 0.25) is 5.91 Å². The first-order valence-electron chi connectivity index (χ1n) is 10.1. The number of Topliss-reactive ketones (excluding diaryl/α,β-unsaturated/α-hetero) is 1. The average molecular weight is 393 g/mol. The number of amides is 2. The number of nitrogens with one attached hydrogen (secondary N) is 2. The van der Waals surface area contributed by atoms with E-state index >= 15 is 0 Å². The highest BCUT2D eigenvalue weighted by molar-refractivity contribution is 6.05. The smallest absolute Gasteiger partial charge is 0.253 e. The number of aryl methyl sites for hydroxylation is 2. The number of nitrogens with two attached hydrogens (primary N) is 1. The van der Waals surface area contributed by atoms with Crippen LogP contribution >= 0.6 is 0 Å². The molecule has 4 N–H and O–H groups in total. The Morgan fingerprint density at radius 2 is 1.69 bits per heavy atom. The summed E-state index contributed by atoms with van der Waals surface area (Å²) in [6, 6.07) is 12.7. The zero-order valence-electron chi connectivity index (χ0n) is 16.5. The first-order valence-corrected chi connectivity index (χ1v) is 10.1. The number of anilines is 1. The molecule has 0 heterocycles. The van der Waals surface area contributed by atoms with Gasteiger partial charge in [0, 0.05) is 31.5 Å². The van der Waals surface area contributed by atoms with E-state index < -0.39 is 0 Å². The van der Waals surface area contributed by atoms with E-state index in [1.807, 2.05) is 18.2 Å². The number of carbonyl (C=O) groups is 3. The van der Waals surface area contributed by atoms with Crippen molar-refractivity contribution in [2.45, 2.75) is 38.5 Å². The fourth-order valence-electron chi connectivity index (χ4n) is 3.56. The van der Waals surface area contributed by atoms with Crippen molar-refractivity contribution in [3.8, 4) is 0 Å². The first-order chi connectivity index (χ1) is 14.1. The molecule has 0 radical (unpaired) electrons. The van der Waals surface area contributed by atoms with Crippen LogP contribution in [0.3, 0.4) is 0 Å². The van der Waals surface area contributed by atoms with Crippen LogP contribution in [0.1, 0.15) is 57.5 Å². The van der Waals surface area contributed by atoms with Crippen molar-refractivity contribution in [1.29, 1.82) is 0 Å². The number of carbonyl (C=O) groups excluding carboxylic acids is 3. The number of rotatable bonds is 8. The van der Waals surface area contributed by atoms with Gasteiger partial charge in [-0.05, 0) is 55.0 Å². The molecule has 6 heteroatoms. The maximum absolute atomic E-state index is 12.5. The largest absolute Gasteiger partial charge is 0.351 e. The Labute approximate surface area is 170 Å². The lowest BCUT2D eigenvalue weighted by molar-refractivity contribution is -0.116. The van der Waals surface area contributed by atoms with Gasteiger partial charge in [-0.1, -0.05) is 24.3 Å². The second kappa shape index (κ2) is 9.98. The maximum Gasteiger partial charge on any atom is 0.253 e. The Morgan fingerprint density at radius 1 is 0.931 bits per heavy atom. The molecule has 152 valence electrons. The lowest BCUT2D eigenvalue weighted by Crippen LogP contribution is -2.30. The normalized spacial score (nSPS) is 12.7. The summed E-state index contributed by atoms with van der Waals surface area (Å²) in [4.78, 5) is 37.1. The second-order valence-corrected chi connectivity index (χ2v) is 7.25. The van der Waals surface area contributed by atoms with E-state index in [-0.39, 0.29) is 30.4 Å². The van der Waals surface area contributed by atoms with Crippen LogP contribution in [0.4, 0.5) is 5.69 Å². The molecule has 1 aliphatic carbocycles. The van der Waals surface area contributed by atoms with Crippen LogP contribution in [0.5, 0.6) is 0 Å². The molecule has 2 amide bonds. The van der Waals surface area contributed by atoms with Gasteiger partial charge < -0.3 is 16.4 Å². The Bertz CT molecular complexity index is 908. The number of fused-ring (bicyclic) bond motifs is 1. The van der Waals surface area contributed by atoms with Crippen LogP contribution in [-0.4, -0.2) is 30.7 Å². The van der Waals surface area contributed by atoms with E-state index in [1.165, 1.54) is 17.5 Å². The van der Waals surface area contributed by atoms with E-state index in [9.17, 15) is 14.4 Å². The molecule has 0 spiro atoms. The van der Waals surface area contributed by atoms with Crippen molar-refractivity contribution >= 4 is 23.3 Å². The Hall–Kier alpha value is -2.99. The zero-order chi connectivity index (χ0) is 20.6. The molecule has 0 saturated carbocycles. The topological polar surface area (TPSA) is 101 Å². The molecule has 0 unspecified atom stereocenters. The summed E-state index contributed by atoms with van der Waals surface area (Å²) in [7, 11) is 0. The summed E-state index contributed by atoms with van der Waals surface area (Å²) in [5, 5.41) is 5.43. The van der Waals surface area contributed by atoms with Gasteiger partial charge in [0.25, 0.3) is 5.91 Å². The van der Waals surface area contributed by atoms with Gasteiger partial charge >= 0.3 is 0 Å². The van der Waals surface area contributed by atoms with Crippen LogP contribution in [-0.2, 0) is 17.6 Å². The minimum Gasteiger partial charge on any atom is -0.351 e. The van der Waals surface area contributed by atoms with Crippen molar-refractivity contribution in [2.24, 2.45) is 5.73 Å². The third kappa shape index (κ3) is 5.51. The van der Waals surface area contributed by atoms with Crippen LogP contribution in [0.25, 0.3) is 0 Å². The predicted molar refractivity (Wildman–Crippen MR) is 113 cm³/mol. The fraction of sp³-hybridized carbons (Fsp3) is 0.348. The average Bonchev–Trinajstić information content (AvgIpc) is 2.75. The lowest BCUT2D eigenvalue weighted by atomic mass is 9.89. The minimum atomic E-state index is -0.296. The molecular formula is C23H27N3O3. The number of hydrogen-bond donors (Lipinski definition) is 3. The number of ketones is 1. The first kappa shape index (κ1) is 20.7. The number of hydrogen-bond acceptors (Lipinski definition) is 4. The van der Waals surface area contributed by atoms with E-state index in [4.69, 9.17) is 5.73 Å². The molecule has 6 nitrogen and oxygen atoms in total. The van der Waals surface area contributed by atoms with Gasteiger partial charge in [-0.3, -0.25) is 14.4 Å². The summed E-state index contributed by atoms with van der Waals surface area (Å²) >= 11 is 0. The Morgan fingerprint density at radius 3 is 2.48 bits per heavy atom. The van der Waals surface area contributed by atoms with E-state index in [0.717, 1.165) is 19.3 Å². The standard InChI is InChI=1S/C23H27N3O3/c24-13-14-25-23(29)19-7-3-4-8-20(19)26-22(28)12-11-21(27)18-10-9-16-5-1-2-6-17(16)15-18/h3-4,7-10,15H,1-2,5-6,11-14,24H2,(H,25,29)(H,26,28). The fourth-order valence-corrected chi connectivity index (χ4v) is 3.56. The van der Waals surface area contributed by atoms with Crippen LogP contribution in [0, 0.1) is 0 Å². The highest BCUT2D eigenvalue weighted by atomic mass is 16.2. The molecule has 1 aliphatic rings. The van der Waals surface area contributed by atoms with Crippen LogP contribution < -0.4 is 16.4 Å². The van der Waals surface area contributed by atoms with Gasteiger partial charge in [0.05, 0.1) is 11.3 Å². The van der Waals surface area contributed by atoms with E-state index in [1.54, 1.807) is 24.3 Å². The number of para-hydroxylation sites is 1. The maximum atomic E-state index is 12.5. The zero-order valence-corrected chi connectivity index (χ0v) is 16.5. The van der Waals surface area contributed by atoms with Crippen molar-refractivity contribution in [3.05, 3.63) is 64.7 Å². The monoisotopic (exact) mass is 393 g/mol. The summed E-state index contributed by atoms with van der Waals surface area (Å²) in [6.07, 6.45) is 4.64. The van der Waals surface area contributed by atoms with Crippen molar-refractivity contribution in [3.63, 3.8) is 0 Å². The van der Waals surface area contributed by atoms with Crippen molar-refractivity contribution in [2.75, 3.05) is 18.4 Å². The van der Waals surface area contributed by atoms with Crippen molar-refractivity contribution in [1.82, 2.24) is 5.32 Å². The van der Waals surface area contributed by atoms with Crippen molar-refractivity contribution < 1.29 is 14.4 Å². The molecule has 29 heavy (non-hydrogen) atoms. The van der Waals surface area contributed by atoms with Gasteiger partial charge in [-0.15, -0.1) is 0 Å².